The van der Waals surface area contributed by atoms with Crippen LogP contribution in [-0.2, 0) is 32.5 Å². The summed E-state index contributed by atoms with van der Waals surface area (Å²) >= 11 is 0. The molecule has 0 bridgehead atoms. The largest absolute Gasteiger partial charge is 0.508 e. The van der Waals surface area contributed by atoms with Crippen LogP contribution in [0, 0.1) is 23.5 Å². The number of ether oxygens (including phenoxy) is 3. The Hall–Kier alpha value is -7.06. The van der Waals surface area contributed by atoms with E-state index in [0.29, 0.717) is 102 Å². The summed E-state index contributed by atoms with van der Waals surface area (Å²) in [6.45, 7) is 11.7. The van der Waals surface area contributed by atoms with Crippen molar-refractivity contribution in [2.24, 2.45) is 18.9 Å². The number of aldehydes is 1. The number of nitrogens with one attached hydrogen (secondary N) is 1. The Morgan fingerprint density at radius 3 is 2.40 bits per heavy atom. The standard InChI is InChI=1S/C35H37F2N5O3.C26H38N6O4/c1-3-24-26(36)8-7-21-16-23(43)17-25(27(21)24)31-29(37)32-28-30(38-31)20(2)15-22-18-44-14-6-13-42(22)33(28)40-34(39-32)45-19-35-9-4-11-41(35)12-5-10-35;1-27-25(34)21(5-4-16-33)23-20-6-7-22(28-24(20)30(2)29-23)31-12-8-18(9-13-31)17-19-10-14-32(15-11-19)26(35)36-3/h7-8,15-17,22,43H,3-6,9-14,18-19H2,1-2H3;6-7,16,18-19,21H,4-5,8-15,17H2,1-3H3,(H,27,34). The van der Waals surface area contributed by atoms with Crippen LogP contribution in [-0.4, -0.2) is 154 Å². The maximum Gasteiger partial charge on any atom is 0.409 e. The Bertz CT molecular complexity index is 3360. The number of pyridine rings is 2. The lowest BCUT2D eigenvalue weighted by atomic mass is 9.83. The van der Waals surface area contributed by atoms with Crippen LogP contribution in [0.2, 0.25) is 0 Å². The smallest absolute Gasteiger partial charge is 0.409 e. The first-order valence-electron chi connectivity index (χ1n) is 29.1. The summed E-state index contributed by atoms with van der Waals surface area (Å²) in [6, 6.07) is 10.1. The molecular formula is C61H75F2N11O7. The number of carbonyl (C=O) groups is 3. The van der Waals surface area contributed by atoms with Crippen molar-refractivity contribution in [1.82, 2.24) is 44.8 Å². The Morgan fingerprint density at radius 1 is 0.926 bits per heavy atom. The van der Waals surface area contributed by atoms with Gasteiger partial charge in [-0.25, -0.2) is 23.5 Å². The maximum absolute atomic E-state index is 17.1. The van der Waals surface area contributed by atoms with E-state index < -0.39 is 11.7 Å². The molecule has 2 aromatic carbocycles. The summed E-state index contributed by atoms with van der Waals surface area (Å²) < 4.78 is 51.2. The van der Waals surface area contributed by atoms with Crippen LogP contribution >= 0.6 is 0 Å². The number of hydrogen-bond donors (Lipinski definition) is 2. The SMILES string of the molecule is CCc1c(F)ccc2cc(O)cc(-c3nc4c5c(nc(OCC67CCCN6CCC7)nc5c3F)N3CCCOCC3C=C4C)c12.CNC(=O)C(CCC=O)c1nn(C)c2nc(N3CCC(CC4CCN(C(=O)OC)CC4)CC3)ccc12. The quantitative estimate of drug-likeness (QED) is 0.104. The van der Waals surface area contributed by atoms with Gasteiger partial charge in [0.25, 0.3) is 0 Å². The molecule has 2 amide bonds. The van der Waals surface area contributed by atoms with E-state index >= 15 is 8.78 Å². The van der Waals surface area contributed by atoms with Crippen LogP contribution in [0.5, 0.6) is 11.8 Å². The number of likely N-dealkylation sites (N-methyl/N-ethyl adjacent to an activating group) is 1. The Kier molecular flexibility index (Phi) is 16.4. The summed E-state index contributed by atoms with van der Waals surface area (Å²) in [5.74, 6) is 1.19. The van der Waals surface area contributed by atoms with E-state index in [1.165, 1.54) is 25.7 Å². The first-order valence-corrected chi connectivity index (χ1v) is 29.1. The molecule has 2 unspecified atom stereocenters. The number of halogens is 2. The first kappa shape index (κ1) is 55.8. The number of anilines is 2. The molecule has 6 aromatic rings. The van der Waals surface area contributed by atoms with Gasteiger partial charge in [-0.15, -0.1) is 0 Å². The highest BCUT2D eigenvalue weighted by Crippen LogP contribution is 2.45. The van der Waals surface area contributed by atoms with Gasteiger partial charge in [-0.05, 0) is 161 Å². The average molecular weight is 1110 g/mol. The topological polar surface area (TPSA) is 193 Å². The Labute approximate surface area is 471 Å². The van der Waals surface area contributed by atoms with E-state index in [1.54, 1.807) is 23.9 Å². The van der Waals surface area contributed by atoms with Gasteiger partial charge in [0.15, 0.2) is 11.5 Å². The zero-order chi connectivity index (χ0) is 56.5. The van der Waals surface area contributed by atoms with E-state index in [9.17, 15) is 19.5 Å². The molecule has 5 saturated heterocycles. The predicted molar refractivity (Wildman–Crippen MR) is 307 cm³/mol. The third-order valence-corrected chi connectivity index (χ3v) is 18.1. The number of phenols is 1. The highest BCUT2D eigenvalue weighted by atomic mass is 19.1. The fourth-order valence-corrected chi connectivity index (χ4v) is 13.9. The van der Waals surface area contributed by atoms with Crippen molar-refractivity contribution in [3.63, 3.8) is 0 Å². The van der Waals surface area contributed by atoms with Crippen LogP contribution in [0.3, 0.4) is 0 Å². The molecule has 0 spiro atoms. The molecule has 20 heteroatoms. The van der Waals surface area contributed by atoms with Crippen molar-refractivity contribution in [1.29, 1.82) is 0 Å². The van der Waals surface area contributed by atoms with E-state index in [4.69, 9.17) is 34.1 Å². The number of piperidine rings is 2. The zero-order valence-electron chi connectivity index (χ0n) is 47.3. The molecule has 0 radical (unpaired) electrons. The van der Waals surface area contributed by atoms with Gasteiger partial charge in [-0.1, -0.05) is 19.1 Å². The lowest BCUT2D eigenvalue weighted by molar-refractivity contribution is -0.122. The fourth-order valence-electron chi connectivity index (χ4n) is 13.9. The summed E-state index contributed by atoms with van der Waals surface area (Å²) in [5, 5.41) is 20.6. The number of nitrogens with zero attached hydrogens (tertiary/aromatic N) is 10. The van der Waals surface area contributed by atoms with Crippen molar-refractivity contribution < 1.29 is 42.5 Å². The molecular weight excluding hydrogens is 1040 g/mol. The third-order valence-electron chi connectivity index (χ3n) is 18.1. The number of aromatic nitrogens is 6. The van der Waals surface area contributed by atoms with E-state index in [1.807, 2.05) is 37.9 Å². The van der Waals surface area contributed by atoms with Gasteiger partial charge in [0.05, 0.1) is 48.0 Å². The molecule has 10 heterocycles. The van der Waals surface area contributed by atoms with Crippen molar-refractivity contribution in [2.45, 2.75) is 115 Å². The lowest BCUT2D eigenvalue weighted by Crippen LogP contribution is -2.43. The van der Waals surface area contributed by atoms with Gasteiger partial charge in [-0.2, -0.15) is 15.1 Å². The number of fused-ring (bicyclic) bond motifs is 5. The van der Waals surface area contributed by atoms with Crippen LogP contribution in [0.1, 0.15) is 114 Å². The second-order valence-electron chi connectivity index (χ2n) is 22.9. The normalized spacial score (nSPS) is 19.8. The number of hydrogen-bond acceptors (Lipinski definition) is 15. The number of benzene rings is 2. The molecule has 2 atom stereocenters. The van der Waals surface area contributed by atoms with Gasteiger partial charge in [0.1, 0.15) is 47.3 Å². The Morgan fingerprint density at radius 2 is 1.68 bits per heavy atom. The molecule has 430 valence electrons. The minimum Gasteiger partial charge on any atom is -0.508 e. The fraction of sp³-hybridized carbons (Fsp3) is 0.541. The molecule has 81 heavy (non-hydrogen) atoms. The highest BCUT2D eigenvalue weighted by molar-refractivity contribution is 6.05. The minimum absolute atomic E-state index is 0.00625. The molecule has 12 rings (SSSR count). The molecule has 6 aliphatic heterocycles. The number of methoxy groups -OCH3 is 1. The monoisotopic (exact) mass is 1110 g/mol. The van der Waals surface area contributed by atoms with Crippen LogP contribution in [0.4, 0.5) is 25.2 Å². The van der Waals surface area contributed by atoms with Crippen molar-refractivity contribution in [2.75, 3.05) is 89.6 Å². The van der Waals surface area contributed by atoms with Gasteiger partial charge >= 0.3 is 12.1 Å². The summed E-state index contributed by atoms with van der Waals surface area (Å²) in [7, 11) is 4.90. The first-order chi connectivity index (χ1) is 39.3. The second kappa shape index (κ2) is 23.8. The summed E-state index contributed by atoms with van der Waals surface area (Å²) in [4.78, 5) is 63.5. The van der Waals surface area contributed by atoms with Gasteiger partial charge in [0, 0.05) is 70.8 Å². The molecule has 18 nitrogen and oxygen atoms in total. The third kappa shape index (κ3) is 11.0. The molecule has 0 saturated carbocycles. The minimum atomic E-state index is -0.653. The molecule has 4 aromatic heterocycles. The van der Waals surface area contributed by atoms with Crippen molar-refractivity contribution in [3.8, 4) is 23.0 Å². The van der Waals surface area contributed by atoms with Crippen LogP contribution < -0.4 is 19.9 Å². The molecule has 2 N–H and O–H groups in total. The molecule has 0 aliphatic carbocycles. The number of rotatable bonds is 13. The lowest BCUT2D eigenvalue weighted by Gasteiger charge is -2.36. The number of amides is 2. The number of phenolic OH excluding ortho intramolecular Hbond substituents is 1. The van der Waals surface area contributed by atoms with E-state index in [-0.39, 0.29) is 52.4 Å². The number of carbonyl (C=O) groups excluding carboxylic acids is 3. The molecule has 6 aliphatic rings. The summed E-state index contributed by atoms with van der Waals surface area (Å²) in [6.07, 6.45) is 14.7. The summed E-state index contributed by atoms with van der Waals surface area (Å²) in [5.41, 5.74) is 3.66. The highest BCUT2D eigenvalue weighted by Gasteiger charge is 2.45. The Balaban J connectivity index is 0.000000175. The van der Waals surface area contributed by atoms with Gasteiger partial charge < -0.3 is 44.1 Å². The van der Waals surface area contributed by atoms with E-state index in [0.717, 1.165) is 126 Å². The number of likely N-dealkylation sites (tertiary alicyclic amines) is 1. The van der Waals surface area contributed by atoms with Crippen LogP contribution in [0.15, 0.2) is 42.5 Å². The maximum atomic E-state index is 17.1. The van der Waals surface area contributed by atoms with Crippen LogP contribution in [0.25, 0.3) is 49.5 Å². The van der Waals surface area contributed by atoms with Gasteiger partial charge in [0.2, 0.25) is 5.91 Å². The van der Waals surface area contributed by atoms with Gasteiger partial charge in [-0.3, -0.25) is 14.4 Å². The zero-order valence-corrected chi connectivity index (χ0v) is 47.3. The number of aromatic hydroxyl groups is 1. The second-order valence-corrected chi connectivity index (χ2v) is 22.9. The number of aryl methyl sites for hydroxylation is 2. The van der Waals surface area contributed by atoms with Crippen molar-refractivity contribution in [3.05, 3.63) is 71.1 Å². The molecule has 5 fully saturated rings. The average Bonchev–Trinajstić information content (AvgIpc) is 4.16. The number of allylic oxidation sites excluding steroid dienone is 1. The predicted octanol–water partition coefficient (Wildman–Crippen LogP) is 9.27. The van der Waals surface area contributed by atoms with Crippen molar-refractivity contribution >= 4 is 68.2 Å². The van der Waals surface area contributed by atoms with E-state index in [2.05, 4.69) is 31.2 Å².